The maximum absolute atomic E-state index is 12.2. The van der Waals surface area contributed by atoms with E-state index in [2.05, 4.69) is 25.4 Å². The summed E-state index contributed by atoms with van der Waals surface area (Å²) in [6.07, 6.45) is 2.39. The fourth-order valence-electron chi connectivity index (χ4n) is 2.25. The van der Waals surface area contributed by atoms with E-state index in [-0.39, 0.29) is 17.7 Å². The molecule has 0 aliphatic rings. The third-order valence-electron chi connectivity index (χ3n) is 3.65. The lowest BCUT2D eigenvalue weighted by molar-refractivity contribution is -0.116. The molecule has 1 N–H and O–H groups in total. The van der Waals surface area contributed by atoms with E-state index in [9.17, 15) is 4.79 Å². The minimum Gasteiger partial charge on any atom is -0.339 e. The van der Waals surface area contributed by atoms with E-state index in [4.69, 9.17) is 4.52 Å². The molecular formula is C18H21N5O2S. The lowest BCUT2D eigenvalue weighted by Gasteiger charge is -2.10. The summed E-state index contributed by atoms with van der Waals surface area (Å²) in [5, 5.41) is 7.36. The molecule has 26 heavy (non-hydrogen) atoms. The molecule has 3 heterocycles. The topological polar surface area (TPSA) is 93.8 Å². The number of nitrogens with one attached hydrogen (secondary N) is 1. The van der Waals surface area contributed by atoms with Gasteiger partial charge in [-0.3, -0.25) is 9.78 Å². The molecule has 7 nitrogen and oxygen atoms in total. The van der Waals surface area contributed by atoms with Crippen molar-refractivity contribution < 1.29 is 9.32 Å². The normalized spacial score (nSPS) is 11.5. The molecule has 8 heteroatoms. The molecule has 0 aromatic carbocycles. The van der Waals surface area contributed by atoms with Crippen LogP contribution in [0.1, 0.15) is 44.6 Å². The van der Waals surface area contributed by atoms with Crippen LogP contribution in [0, 0.1) is 6.92 Å². The van der Waals surface area contributed by atoms with Crippen LogP contribution in [-0.2, 0) is 16.6 Å². The molecule has 0 aliphatic heterocycles. The van der Waals surface area contributed by atoms with Gasteiger partial charge in [0.2, 0.25) is 11.8 Å². The van der Waals surface area contributed by atoms with Crippen LogP contribution in [0.15, 0.2) is 28.9 Å². The van der Waals surface area contributed by atoms with Gasteiger partial charge in [0.25, 0.3) is 0 Å². The smallest absolute Gasteiger partial charge is 0.227 e. The SMILES string of the molecule is Cc1nc(NC(=O)CCc2nc(C(C)(C)C)no2)sc1-c1ccccn1. The Balaban J connectivity index is 1.60. The summed E-state index contributed by atoms with van der Waals surface area (Å²) in [4.78, 5) is 26.2. The van der Waals surface area contributed by atoms with Crippen LogP contribution in [0.4, 0.5) is 5.13 Å². The van der Waals surface area contributed by atoms with Crippen molar-refractivity contribution in [3.63, 3.8) is 0 Å². The van der Waals surface area contributed by atoms with Crippen molar-refractivity contribution in [2.45, 2.75) is 46.0 Å². The minimum absolute atomic E-state index is 0.137. The van der Waals surface area contributed by atoms with Crippen LogP contribution < -0.4 is 5.32 Å². The predicted molar refractivity (Wildman–Crippen MR) is 100 cm³/mol. The quantitative estimate of drug-likeness (QED) is 0.734. The highest BCUT2D eigenvalue weighted by Crippen LogP contribution is 2.31. The number of hydrogen-bond acceptors (Lipinski definition) is 7. The zero-order valence-corrected chi connectivity index (χ0v) is 16.1. The number of carbonyl (C=O) groups is 1. The monoisotopic (exact) mass is 371 g/mol. The van der Waals surface area contributed by atoms with Crippen LogP contribution in [-0.4, -0.2) is 26.0 Å². The Bertz CT molecular complexity index is 896. The number of hydrogen-bond donors (Lipinski definition) is 1. The summed E-state index contributed by atoms with van der Waals surface area (Å²) in [5.41, 5.74) is 1.52. The molecule has 3 rings (SSSR count). The molecule has 0 saturated heterocycles. The number of rotatable bonds is 5. The first-order chi connectivity index (χ1) is 12.3. The van der Waals surface area contributed by atoms with Gasteiger partial charge in [-0.15, -0.1) is 0 Å². The van der Waals surface area contributed by atoms with E-state index in [0.717, 1.165) is 16.3 Å². The lowest BCUT2D eigenvalue weighted by Crippen LogP contribution is -2.14. The van der Waals surface area contributed by atoms with Gasteiger partial charge in [0.05, 0.1) is 16.3 Å². The Hall–Kier alpha value is -2.61. The molecule has 0 atom stereocenters. The van der Waals surface area contributed by atoms with Gasteiger partial charge in [-0.2, -0.15) is 4.98 Å². The second-order valence-electron chi connectivity index (χ2n) is 6.96. The molecule has 0 saturated carbocycles. The van der Waals surface area contributed by atoms with Crippen LogP contribution in [0.25, 0.3) is 10.6 Å². The molecule has 3 aromatic heterocycles. The fourth-order valence-corrected chi connectivity index (χ4v) is 3.21. The molecule has 3 aromatic rings. The lowest BCUT2D eigenvalue weighted by atomic mass is 9.96. The summed E-state index contributed by atoms with van der Waals surface area (Å²) in [6, 6.07) is 5.72. The number of aromatic nitrogens is 4. The van der Waals surface area contributed by atoms with Gasteiger partial charge in [0.1, 0.15) is 0 Å². The second-order valence-corrected chi connectivity index (χ2v) is 7.96. The number of pyridine rings is 1. The Morgan fingerprint density at radius 1 is 1.27 bits per heavy atom. The van der Waals surface area contributed by atoms with Gasteiger partial charge in [0.15, 0.2) is 11.0 Å². The van der Waals surface area contributed by atoms with E-state index in [1.807, 2.05) is 45.9 Å². The maximum atomic E-state index is 12.2. The van der Waals surface area contributed by atoms with Crippen molar-refractivity contribution in [3.8, 4) is 10.6 Å². The van der Waals surface area contributed by atoms with Gasteiger partial charge in [-0.1, -0.05) is 43.3 Å². The average molecular weight is 371 g/mol. The molecule has 0 fully saturated rings. The van der Waals surface area contributed by atoms with E-state index in [1.165, 1.54) is 11.3 Å². The number of carbonyl (C=O) groups excluding carboxylic acids is 1. The first-order valence-corrected chi connectivity index (χ1v) is 9.16. The molecular weight excluding hydrogens is 350 g/mol. The summed E-state index contributed by atoms with van der Waals surface area (Å²) in [7, 11) is 0. The summed E-state index contributed by atoms with van der Waals surface area (Å²) in [6.45, 7) is 7.94. The van der Waals surface area contributed by atoms with Crippen LogP contribution >= 0.6 is 11.3 Å². The number of thiazole rings is 1. The molecule has 0 radical (unpaired) electrons. The van der Waals surface area contributed by atoms with Crippen molar-refractivity contribution in [1.29, 1.82) is 0 Å². The van der Waals surface area contributed by atoms with Gasteiger partial charge < -0.3 is 9.84 Å². The first kappa shape index (κ1) is 18.2. The van der Waals surface area contributed by atoms with Crippen molar-refractivity contribution in [2.75, 3.05) is 5.32 Å². The van der Waals surface area contributed by atoms with Crippen LogP contribution in [0.5, 0.6) is 0 Å². The predicted octanol–water partition coefficient (Wildman–Crippen LogP) is 3.77. The Morgan fingerprint density at radius 2 is 2.08 bits per heavy atom. The van der Waals surface area contributed by atoms with Crippen molar-refractivity contribution in [1.82, 2.24) is 20.1 Å². The average Bonchev–Trinajstić information content (AvgIpc) is 3.20. The number of nitrogens with zero attached hydrogens (tertiary/aromatic N) is 4. The van der Waals surface area contributed by atoms with Crippen LogP contribution in [0.2, 0.25) is 0 Å². The van der Waals surface area contributed by atoms with E-state index in [0.29, 0.717) is 23.3 Å². The number of amides is 1. The Morgan fingerprint density at radius 3 is 2.73 bits per heavy atom. The highest BCUT2D eigenvalue weighted by atomic mass is 32.1. The maximum Gasteiger partial charge on any atom is 0.227 e. The fraction of sp³-hybridized carbons (Fsp3) is 0.389. The second kappa shape index (κ2) is 7.33. The van der Waals surface area contributed by atoms with Gasteiger partial charge in [-0.25, -0.2) is 4.98 Å². The Kier molecular flexibility index (Phi) is 5.13. The highest BCUT2D eigenvalue weighted by Gasteiger charge is 2.21. The molecule has 0 bridgehead atoms. The number of aryl methyl sites for hydroxylation is 2. The van der Waals surface area contributed by atoms with Crippen molar-refractivity contribution in [3.05, 3.63) is 41.8 Å². The third kappa shape index (κ3) is 4.32. The largest absolute Gasteiger partial charge is 0.339 e. The van der Waals surface area contributed by atoms with Gasteiger partial charge >= 0.3 is 0 Å². The zero-order valence-electron chi connectivity index (χ0n) is 15.2. The molecule has 0 unspecified atom stereocenters. The standard InChI is InChI=1S/C18H21N5O2S/c1-11-15(12-7-5-6-10-19-12)26-17(20-11)21-13(24)8-9-14-22-16(23-25-14)18(2,3)4/h5-7,10H,8-9H2,1-4H3,(H,20,21,24). The van der Waals surface area contributed by atoms with Crippen molar-refractivity contribution >= 4 is 22.4 Å². The third-order valence-corrected chi connectivity index (χ3v) is 4.74. The number of anilines is 1. The zero-order chi connectivity index (χ0) is 18.7. The molecule has 0 aliphatic carbocycles. The van der Waals surface area contributed by atoms with E-state index < -0.39 is 0 Å². The van der Waals surface area contributed by atoms with Crippen LogP contribution in [0.3, 0.4) is 0 Å². The first-order valence-electron chi connectivity index (χ1n) is 8.34. The molecule has 136 valence electrons. The minimum atomic E-state index is -0.176. The summed E-state index contributed by atoms with van der Waals surface area (Å²) >= 11 is 1.41. The van der Waals surface area contributed by atoms with Gasteiger partial charge in [0, 0.05) is 24.5 Å². The van der Waals surface area contributed by atoms with E-state index in [1.54, 1.807) is 6.20 Å². The molecule has 0 spiro atoms. The molecule has 1 amide bonds. The van der Waals surface area contributed by atoms with Crippen molar-refractivity contribution in [2.24, 2.45) is 0 Å². The van der Waals surface area contributed by atoms with Gasteiger partial charge in [-0.05, 0) is 19.1 Å². The summed E-state index contributed by atoms with van der Waals surface area (Å²) in [5.74, 6) is 0.972. The summed E-state index contributed by atoms with van der Waals surface area (Å²) < 4.78 is 5.21. The van der Waals surface area contributed by atoms with E-state index >= 15 is 0 Å². The Labute approximate surface area is 155 Å². The highest BCUT2D eigenvalue weighted by molar-refractivity contribution is 7.19.